The summed E-state index contributed by atoms with van der Waals surface area (Å²) in [6.45, 7) is 1.43. The summed E-state index contributed by atoms with van der Waals surface area (Å²) >= 11 is 0. The minimum atomic E-state index is -0.244. The Morgan fingerprint density at radius 1 is 0.938 bits per heavy atom. The first-order chi connectivity index (χ1) is 15.6. The number of carbonyl (C=O) groups is 2. The lowest BCUT2D eigenvalue weighted by atomic mass is 10.1. The van der Waals surface area contributed by atoms with Gasteiger partial charge in [-0.15, -0.1) is 0 Å². The monoisotopic (exact) mass is 429 g/mol. The van der Waals surface area contributed by atoms with E-state index in [4.69, 9.17) is 4.74 Å². The fraction of sp³-hybridized carbons (Fsp3) is 0.231. The molecule has 0 radical (unpaired) electrons. The first kappa shape index (κ1) is 21.4. The summed E-state index contributed by atoms with van der Waals surface area (Å²) in [6.07, 6.45) is 0.280. The fourth-order valence-corrected chi connectivity index (χ4v) is 3.89. The van der Waals surface area contributed by atoms with Crippen LogP contribution in [0.1, 0.15) is 17.5 Å². The minimum Gasteiger partial charge on any atom is -0.497 e. The molecule has 1 N–H and O–H groups in total. The zero-order chi connectivity index (χ0) is 22.3. The van der Waals surface area contributed by atoms with Crippen LogP contribution >= 0.6 is 0 Å². The zero-order valence-electron chi connectivity index (χ0n) is 18.1. The number of urea groups is 1. The van der Waals surface area contributed by atoms with Gasteiger partial charge in [-0.1, -0.05) is 60.7 Å². The van der Waals surface area contributed by atoms with Crippen LogP contribution in [-0.2, 0) is 17.9 Å². The summed E-state index contributed by atoms with van der Waals surface area (Å²) in [7, 11) is 1.61. The van der Waals surface area contributed by atoms with Crippen molar-refractivity contribution in [3.63, 3.8) is 0 Å². The number of hydrogen-bond donors (Lipinski definition) is 1. The number of nitrogens with one attached hydrogen (secondary N) is 1. The molecule has 3 aromatic rings. The van der Waals surface area contributed by atoms with Gasteiger partial charge in [0.1, 0.15) is 5.75 Å². The van der Waals surface area contributed by atoms with Gasteiger partial charge in [-0.05, 0) is 35.4 Å². The van der Waals surface area contributed by atoms with Crippen LogP contribution in [0, 0.1) is 0 Å². The lowest BCUT2D eigenvalue weighted by Gasteiger charge is -2.25. The van der Waals surface area contributed by atoms with Crippen LogP contribution < -0.4 is 15.0 Å². The minimum absolute atomic E-state index is 0.00173. The molecule has 1 aliphatic rings. The van der Waals surface area contributed by atoms with E-state index in [1.807, 2.05) is 84.9 Å². The molecule has 0 aliphatic carbocycles. The van der Waals surface area contributed by atoms with E-state index in [1.165, 1.54) is 0 Å². The molecule has 0 bridgehead atoms. The maximum atomic E-state index is 13.2. The van der Waals surface area contributed by atoms with Crippen molar-refractivity contribution >= 4 is 17.6 Å². The number of nitrogens with zero attached hydrogens (tertiary/aromatic N) is 2. The second kappa shape index (κ2) is 10.0. The average molecular weight is 430 g/mol. The first-order valence-corrected chi connectivity index (χ1v) is 10.7. The average Bonchev–Trinajstić information content (AvgIpc) is 3.19. The number of hydrogen-bond acceptors (Lipinski definition) is 3. The van der Waals surface area contributed by atoms with E-state index in [-0.39, 0.29) is 24.4 Å². The molecule has 6 nitrogen and oxygen atoms in total. The maximum Gasteiger partial charge on any atom is 0.318 e. The molecule has 0 aromatic heterocycles. The van der Waals surface area contributed by atoms with Gasteiger partial charge in [-0.2, -0.15) is 0 Å². The quantitative estimate of drug-likeness (QED) is 0.612. The Morgan fingerprint density at radius 2 is 1.50 bits per heavy atom. The molecule has 164 valence electrons. The molecule has 3 amide bonds. The Kier molecular flexibility index (Phi) is 6.70. The summed E-state index contributed by atoms with van der Waals surface area (Å²) in [4.78, 5) is 29.3. The van der Waals surface area contributed by atoms with Gasteiger partial charge >= 0.3 is 6.03 Å². The third-order valence-corrected chi connectivity index (χ3v) is 5.56. The van der Waals surface area contributed by atoms with E-state index < -0.39 is 0 Å². The lowest BCUT2D eigenvalue weighted by Crippen LogP contribution is -2.45. The summed E-state index contributed by atoms with van der Waals surface area (Å²) in [5.41, 5.74) is 2.92. The van der Waals surface area contributed by atoms with Gasteiger partial charge in [0.15, 0.2) is 0 Å². The predicted molar refractivity (Wildman–Crippen MR) is 124 cm³/mol. The van der Waals surface area contributed by atoms with E-state index >= 15 is 0 Å². The largest absolute Gasteiger partial charge is 0.497 e. The van der Waals surface area contributed by atoms with Crippen LogP contribution in [0.15, 0.2) is 84.9 Å². The fourth-order valence-electron chi connectivity index (χ4n) is 3.89. The zero-order valence-corrected chi connectivity index (χ0v) is 18.1. The highest BCUT2D eigenvalue weighted by Gasteiger charge is 2.32. The lowest BCUT2D eigenvalue weighted by molar-refractivity contribution is -0.117. The number of anilines is 1. The molecule has 0 spiro atoms. The molecule has 1 heterocycles. The van der Waals surface area contributed by atoms with E-state index in [9.17, 15) is 9.59 Å². The van der Waals surface area contributed by atoms with Crippen molar-refractivity contribution in [2.75, 3.05) is 18.6 Å². The number of ether oxygens (including phenoxy) is 1. The highest BCUT2D eigenvalue weighted by Crippen LogP contribution is 2.24. The second-order valence-electron chi connectivity index (χ2n) is 7.88. The Bertz CT molecular complexity index is 997. The Hall–Kier alpha value is -3.80. The van der Waals surface area contributed by atoms with Gasteiger partial charge in [-0.25, -0.2) is 4.79 Å². The molecule has 4 rings (SSSR count). The van der Waals surface area contributed by atoms with Gasteiger partial charge in [0.05, 0.1) is 13.2 Å². The van der Waals surface area contributed by atoms with Crippen LogP contribution in [0.3, 0.4) is 0 Å². The molecule has 0 unspecified atom stereocenters. The summed E-state index contributed by atoms with van der Waals surface area (Å²) < 4.78 is 5.19. The molecule has 1 atom stereocenters. The van der Waals surface area contributed by atoms with Gasteiger partial charge in [-0.3, -0.25) is 4.79 Å². The molecule has 3 aromatic carbocycles. The number of amides is 3. The van der Waals surface area contributed by atoms with Gasteiger partial charge in [0.25, 0.3) is 0 Å². The van der Waals surface area contributed by atoms with Crippen LogP contribution in [0.25, 0.3) is 0 Å². The highest BCUT2D eigenvalue weighted by atomic mass is 16.5. The number of carbonyl (C=O) groups excluding carboxylic acids is 2. The van der Waals surface area contributed by atoms with Crippen LogP contribution in [0.2, 0.25) is 0 Å². The van der Waals surface area contributed by atoms with Crippen molar-refractivity contribution in [1.82, 2.24) is 10.2 Å². The van der Waals surface area contributed by atoms with E-state index in [1.54, 1.807) is 16.9 Å². The van der Waals surface area contributed by atoms with Crippen LogP contribution in [0.5, 0.6) is 5.75 Å². The van der Waals surface area contributed by atoms with Gasteiger partial charge in [0.2, 0.25) is 5.91 Å². The Labute approximate surface area is 188 Å². The molecule has 1 aliphatic heterocycles. The van der Waals surface area contributed by atoms with Crippen molar-refractivity contribution in [3.8, 4) is 5.75 Å². The van der Waals surface area contributed by atoms with Crippen molar-refractivity contribution in [2.24, 2.45) is 0 Å². The molecule has 1 fully saturated rings. The highest BCUT2D eigenvalue weighted by molar-refractivity contribution is 5.96. The van der Waals surface area contributed by atoms with E-state index in [2.05, 4.69) is 5.32 Å². The SMILES string of the molecule is COc1ccc(N2C[C@H](NC(=O)N(Cc3ccccc3)Cc3ccccc3)CC2=O)cc1. The predicted octanol–water partition coefficient (Wildman–Crippen LogP) is 4.21. The first-order valence-electron chi connectivity index (χ1n) is 10.7. The smallest absolute Gasteiger partial charge is 0.318 e. The Balaban J connectivity index is 1.44. The maximum absolute atomic E-state index is 13.2. The second-order valence-corrected chi connectivity index (χ2v) is 7.88. The van der Waals surface area contributed by atoms with Crippen LogP contribution in [0.4, 0.5) is 10.5 Å². The third-order valence-electron chi connectivity index (χ3n) is 5.56. The molecule has 1 saturated heterocycles. The molecular formula is C26H27N3O3. The summed E-state index contributed by atoms with van der Waals surface area (Å²) in [5, 5.41) is 3.07. The van der Waals surface area contributed by atoms with Crippen LogP contribution in [-0.4, -0.2) is 36.5 Å². The molecule has 0 saturated carbocycles. The van der Waals surface area contributed by atoms with E-state index in [0.717, 1.165) is 22.6 Å². The standard InChI is InChI=1S/C26H27N3O3/c1-32-24-14-12-23(13-15-24)29-19-22(16-25(29)30)27-26(31)28(17-20-8-4-2-5-9-20)18-21-10-6-3-7-11-21/h2-15,22H,16-19H2,1H3,(H,27,31)/t22-/m1/s1. The number of rotatable bonds is 7. The molecule has 32 heavy (non-hydrogen) atoms. The topological polar surface area (TPSA) is 61.9 Å². The number of methoxy groups -OCH3 is 1. The summed E-state index contributed by atoms with van der Waals surface area (Å²) in [6, 6.07) is 26.8. The van der Waals surface area contributed by atoms with Gasteiger partial charge < -0.3 is 19.9 Å². The normalized spacial score (nSPS) is 15.5. The summed E-state index contributed by atoms with van der Waals surface area (Å²) in [5.74, 6) is 0.737. The van der Waals surface area contributed by atoms with Crippen molar-refractivity contribution < 1.29 is 14.3 Å². The van der Waals surface area contributed by atoms with Crippen molar-refractivity contribution in [2.45, 2.75) is 25.6 Å². The molecule has 6 heteroatoms. The Morgan fingerprint density at radius 3 is 2.03 bits per heavy atom. The van der Waals surface area contributed by atoms with Crippen molar-refractivity contribution in [3.05, 3.63) is 96.1 Å². The van der Waals surface area contributed by atoms with E-state index in [0.29, 0.717) is 19.6 Å². The third kappa shape index (κ3) is 5.27. The number of benzene rings is 3. The molecular weight excluding hydrogens is 402 g/mol. The van der Waals surface area contributed by atoms with Gasteiger partial charge in [0, 0.05) is 31.7 Å². The van der Waals surface area contributed by atoms with Crippen molar-refractivity contribution in [1.29, 1.82) is 0 Å².